The zero-order valence-corrected chi connectivity index (χ0v) is 17.3. The zero-order chi connectivity index (χ0) is 20.6. The summed E-state index contributed by atoms with van der Waals surface area (Å²) in [6, 6.07) is 24.2. The normalized spacial score (nSPS) is 12.8. The van der Waals surface area contributed by atoms with Crippen LogP contribution in [0, 0.1) is 0 Å². The van der Waals surface area contributed by atoms with E-state index in [0.29, 0.717) is 23.1 Å². The van der Waals surface area contributed by atoms with Gasteiger partial charge in [0.05, 0.1) is 12.3 Å². The molecule has 0 aliphatic heterocycles. The first-order valence-corrected chi connectivity index (χ1v) is 10.1. The fraction of sp³-hybridized carbons (Fsp3) is 0.208. The first-order chi connectivity index (χ1) is 14.1. The number of carbonyl (C=O) groups excluding carboxylic acids is 1. The quantitative estimate of drug-likeness (QED) is 0.497. The number of benzene rings is 3. The van der Waals surface area contributed by atoms with Crippen molar-refractivity contribution >= 4 is 23.2 Å². The van der Waals surface area contributed by atoms with Crippen molar-refractivity contribution in [3.05, 3.63) is 95.0 Å². The monoisotopic (exact) mass is 408 g/mol. The average Bonchev–Trinajstić information content (AvgIpc) is 2.74. The largest absolute Gasteiger partial charge is 0.492 e. The van der Waals surface area contributed by atoms with Gasteiger partial charge in [-0.15, -0.1) is 0 Å². The summed E-state index contributed by atoms with van der Waals surface area (Å²) in [5.74, 6) is 0.505. The van der Waals surface area contributed by atoms with Crippen LogP contribution >= 0.6 is 11.6 Å². The van der Waals surface area contributed by atoms with Gasteiger partial charge in [-0.2, -0.15) is 0 Å². The molecule has 0 heterocycles. The number of rotatable bonds is 8. The van der Waals surface area contributed by atoms with Gasteiger partial charge < -0.3 is 10.1 Å². The molecule has 29 heavy (non-hydrogen) atoms. The van der Waals surface area contributed by atoms with Crippen molar-refractivity contribution in [2.75, 3.05) is 11.9 Å². The smallest absolute Gasteiger partial charge is 0.246 e. The van der Waals surface area contributed by atoms with Gasteiger partial charge in [-0.05, 0) is 49.2 Å². The fourth-order valence-corrected chi connectivity index (χ4v) is 3.25. The molecule has 0 fully saturated rings. The van der Waals surface area contributed by atoms with Gasteiger partial charge in [-0.3, -0.25) is 10.1 Å². The number of para-hydroxylation sites is 2. The van der Waals surface area contributed by atoms with E-state index in [2.05, 4.69) is 10.6 Å². The van der Waals surface area contributed by atoms with Crippen LogP contribution in [-0.2, 0) is 4.79 Å². The van der Waals surface area contributed by atoms with Crippen LogP contribution in [0.4, 0.5) is 5.69 Å². The molecule has 0 spiro atoms. The summed E-state index contributed by atoms with van der Waals surface area (Å²) in [5.41, 5.74) is 2.60. The number of hydrogen-bond donors (Lipinski definition) is 2. The molecule has 0 bridgehead atoms. The van der Waals surface area contributed by atoms with Crippen molar-refractivity contribution in [2.45, 2.75) is 25.9 Å². The molecule has 150 valence electrons. The molecular formula is C24H25ClN2O2. The topological polar surface area (TPSA) is 50.4 Å². The van der Waals surface area contributed by atoms with E-state index in [-0.39, 0.29) is 11.9 Å². The summed E-state index contributed by atoms with van der Waals surface area (Å²) in [5, 5.41) is 7.14. The maximum atomic E-state index is 13.2. The Kier molecular flexibility index (Phi) is 7.28. The number of halogens is 1. The summed E-state index contributed by atoms with van der Waals surface area (Å²) in [7, 11) is 0. The molecule has 5 heteroatoms. The Balaban J connectivity index is 1.84. The van der Waals surface area contributed by atoms with Crippen LogP contribution in [0.15, 0.2) is 78.9 Å². The maximum absolute atomic E-state index is 13.2. The van der Waals surface area contributed by atoms with Crippen molar-refractivity contribution in [1.29, 1.82) is 0 Å². The average molecular weight is 409 g/mol. The number of amides is 1. The Bertz CT molecular complexity index is 929. The lowest BCUT2D eigenvalue weighted by atomic mass is 10.0. The Morgan fingerprint density at radius 2 is 1.59 bits per heavy atom. The zero-order valence-electron chi connectivity index (χ0n) is 16.6. The van der Waals surface area contributed by atoms with Crippen molar-refractivity contribution in [1.82, 2.24) is 5.32 Å². The standard InChI is InChI=1S/C24H25ClN2O2/c1-3-29-22-12-8-7-11-21(22)27-24(28)23(19-9-5-4-6-10-19)26-17(2)18-13-15-20(25)16-14-18/h4-17,23,26H,3H2,1-2H3,(H,27,28)/t17-,23-/m1/s1. The van der Waals surface area contributed by atoms with Crippen molar-refractivity contribution in [3.8, 4) is 5.75 Å². The highest BCUT2D eigenvalue weighted by atomic mass is 35.5. The van der Waals surface area contributed by atoms with E-state index in [9.17, 15) is 4.79 Å². The van der Waals surface area contributed by atoms with E-state index in [0.717, 1.165) is 11.1 Å². The fourth-order valence-electron chi connectivity index (χ4n) is 3.12. The van der Waals surface area contributed by atoms with Crippen LogP contribution in [0.25, 0.3) is 0 Å². The molecule has 0 unspecified atom stereocenters. The predicted molar refractivity (Wildman–Crippen MR) is 118 cm³/mol. The number of nitrogens with one attached hydrogen (secondary N) is 2. The Morgan fingerprint density at radius 3 is 2.28 bits per heavy atom. The van der Waals surface area contributed by atoms with Gasteiger partial charge in [0, 0.05) is 11.1 Å². The van der Waals surface area contributed by atoms with Gasteiger partial charge >= 0.3 is 0 Å². The van der Waals surface area contributed by atoms with Gasteiger partial charge in [-0.1, -0.05) is 66.2 Å². The molecule has 0 aromatic heterocycles. The molecule has 0 aliphatic carbocycles. The molecule has 3 aromatic carbocycles. The third kappa shape index (κ3) is 5.59. The van der Waals surface area contributed by atoms with Crippen LogP contribution in [0.2, 0.25) is 5.02 Å². The predicted octanol–water partition coefficient (Wildman–Crippen LogP) is 5.77. The second-order valence-electron chi connectivity index (χ2n) is 6.70. The molecule has 0 radical (unpaired) electrons. The van der Waals surface area contributed by atoms with E-state index in [4.69, 9.17) is 16.3 Å². The Morgan fingerprint density at radius 1 is 0.931 bits per heavy atom. The lowest BCUT2D eigenvalue weighted by Crippen LogP contribution is -2.34. The molecule has 4 nitrogen and oxygen atoms in total. The van der Waals surface area contributed by atoms with Crippen LogP contribution in [0.1, 0.15) is 37.1 Å². The van der Waals surface area contributed by atoms with Gasteiger partial charge in [0.25, 0.3) is 0 Å². The van der Waals surface area contributed by atoms with Crippen molar-refractivity contribution < 1.29 is 9.53 Å². The number of ether oxygens (including phenoxy) is 1. The van der Waals surface area contributed by atoms with Crippen LogP contribution < -0.4 is 15.4 Å². The lowest BCUT2D eigenvalue weighted by Gasteiger charge is -2.24. The van der Waals surface area contributed by atoms with Gasteiger partial charge in [0.15, 0.2) is 0 Å². The van der Waals surface area contributed by atoms with Gasteiger partial charge in [-0.25, -0.2) is 0 Å². The number of anilines is 1. The minimum Gasteiger partial charge on any atom is -0.492 e. The number of carbonyl (C=O) groups is 1. The van der Waals surface area contributed by atoms with Crippen molar-refractivity contribution in [3.63, 3.8) is 0 Å². The SMILES string of the molecule is CCOc1ccccc1NC(=O)[C@H](N[C@H](C)c1ccc(Cl)cc1)c1ccccc1. The first-order valence-electron chi connectivity index (χ1n) is 9.67. The van der Waals surface area contributed by atoms with E-state index in [1.807, 2.05) is 92.7 Å². The lowest BCUT2D eigenvalue weighted by molar-refractivity contribution is -0.118. The van der Waals surface area contributed by atoms with Crippen LogP contribution in [0.5, 0.6) is 5.75 Å². The summed E-state index contributed by atoms with van der Waals surface area (Å²) >= 11 is 6.00. The van der Waals surface area contributed by atoms with E-state index < -0.39 is 6.04 Å². The van der Waals surface area contributed by atoms with E-state index in [1.165, 1.54) is 0 Å². The van der Waals surface area contributed by atoms with Gasteiger partial charge in [0.2, 0.25) is 5.91 Å². The molecule has 2 N–H and O–H groups in total. The highest BCUT2D eigenvalue weighted by Gasteiger charge is 2.23. The van der Waals surface area contributed by atoms with Crippen LogP contribution in [-0.4, -0.2) is 12.5 Å². The second kappa shape index (κ2) is 10.1. The second-order valence-corrected chi connectivity index (χ2v) is 7.14. The minimum absolute atomic E-state index is 0.0506. The third-order valence-electron chi connectivity index (χ3n) is 4.63. The van der Waals surface area contributed by atoms with Crippen molar-refractivity contribution in [2.24, 2.45) is 0 Å². The molecule has 0 saturated heterocycles. The highest BCUT2D eigenvalue weighted by molar-refractivity contribution is 6.30. The highest BCUT2D eigenvalue weighted by Crippen LogP contribution is 2.27. The van der Waals surface area contributed by atoms with E-state index >= 15 is 0 Å². The maximum Gasteiger partial charge on any atom is 0.246 e. The molecule has 2 atom stereocenters. The Hall–Kier alpha value is -2.82. The number of hydrogen-bond acceptors (Lipinski definition) is 3. The molecule has 0 saturated carbocycles. The van der Waals surface area contributed by atoms with E-state index in [1.54, 1.807) is 0 Å². The first kappa shape index (κ1) is 20.9. The molecular weight excluding hydrogens is 384 g/mol. The van der Waals surface area contributed by atoms with Crippen LogP contribution in [0.3, 0.4) is 0 Å². The summed E-state index contributed by atoms with van der Waals surface area (Å²) in [4.78, 5) is 13.2. The summed E-state index contributed by atoms with van der Waals surface area (Å²) in [6.07, 6.45) is 0. The Labute approximate surface area is 176 Å². The summed E-state index contributed by atoms with van der Waals surface area (Å²) in [6.45, 7) is 4.47. The summed E-state index contributed by atoms with van der Waals surface area (Å²) < 4.78 is 5.64. The molecule has 0 aliphatic rings. The third-order valence-corrected chi connectivity index (χ3v) is 4.88. The molecule has 3 aromatic rings. The molecule has 1 amide bonds. The molecule has 3 rings (SSSR count). The van der Waals surface area contributed by atoms with Gasteiger partial charge in [0.1, 0.15) is 11.8 Å². The minimum atomic E-state index is -0.531.